The van der Waals surface area contributed by atoms with Gasteiger partial charge >= 0.3 is 0 Å². The molecule has 1 aliphatic heterocycles. The van der Waals surface area contributed by atoms with Crippen LogP contribution in [0.1, 0.15) is 19.8 Å². The van der Waals surface area contributed by atoms with Crippen LogP contribution in [0.25, 0.3) is 0 Å². The third-order valence-corrected chi connectivity index (χ3v) is 4.97. The molecule has 16 heavy (non-hydrogen) atoms. The number of carbonyl (C=O) groups excluding carboxylic acids is 1. The number of ether oxygens (including phenoxy) is 1. The molecule has 1 aliphatic carbocycles. The lowest BCUT2D eigenvalue weighted by Gasteiger charge is -2.35. The van der Waals surface area contributed by atoms with E-state index in [1.54, 1.807) is 0 Å². The Labute approximate surface area is 94.8 Å². The molecule has 1 amide bonds. The van der Waals surface area contributed by atoms with Crippen molar-refractivity contribution in [2.24, 2.45) is 10.9 Å². The Morgan fingerprint density at radius 1 is 1.44 bits per heavy atom. The summed E-state index contributed by atoms with van der Waals surface area (Å²) >= 11 is 0. The number of hydrogen-bond donors (Lipinski definition) is 0. The van der Waals surface area contributed by atoms with Crippen LogP contribution in [0.2, 0.25) is 0 Å². The number of fused-ring (bicyclic) bond motifs is 1. The molecule has 2 rings (SSSR count). The molecular formula is C10H15NO4S. The van der Waals surface area contributed by atoms with Crippen molar-refractivity contribution in [1.29, 1.82) is 0 Å². The fourth-order valence-electron chi connectivity index (χ4n) is 2.42. The van der Waals surface area contributed by atoms with Crippen molar-refractivity contribution in [3.63, 3.8) is 0 Å². The fraction of sp³-hybridized carbons (Fsp3) is 0.800. The van der Waals surface area contributed by atoms with Crippen LogP contribution in [-0.2, 0) is 19.4 Å². The predicted molar refractivity (Wildman–Crippen MR) is 59.2 cm³/mol. The molecule has 1 saturated carbocycles. The molecule has 2 aliphatic rings. The lowest BCUT2D eigenvalue weighted by molar-refractivity contribution is -0.124. The van der Waals surface area contributed by atoms with Crippen LogP contribution >= 0.6 is 0 Å². The maximum Gasteiger partial charge on any atom is 0.271 e. The van der Waals surface area contributed by atoms with Crippen molar-refractivity contribution < 1.29 is 17.9 Å². The van der Waals surface area contributed by atoms with Crippen LogP contribution < -0.4 is 0 Å². The molecule has 0 N–H and O–H groups in total. The number of hydrogen-bond acceptors (Lipinski definition) is 4. The summed E-state index contributed by atoms with van der Waals surface area (Å²) in [6.45, 7) is 1.85. The lowest BCUT2D eigenvalue weighted by Crippen LogP contribution is -2.45. The zero-order chi connectivity index (χ0) is 11.9. The summed E-state index contributed by atoms with van der Waals surface area (Å²) in [5.41, 5.74) is 0.712. The first kappa shape index (κ1) is 11.7. The summed E-state index contributed by atoms with van der Waals surface area (Å²) < 4.78 is 28.5. The van der Waals surface area contributed by atoms with Gasteiger partial charge in [-0.1, -0.05) is 6.92 Å². The molecule has 6 heteroatoms. The molecular weight excluding hydrogens is 230 g/mol. The molecule has 0 saturated heterocycles. The van der Waals surface area contributed by atoms with E-state index in [9.17, 15) is 13.2 Å². The molecule has 0 spiro atoms. The van der Waals surface area contributed by atoms with Gasteiger partial charge in [-0.05, 0) is 18.8 Å². The second-order valence-corrected chi connectivity index (χ2v) is 6.85. The third-order valence-electron chi connectivity index (χ3n) is 3.21. The molecule has 0 radical (unpaired) electrons. The van der Waals surface area contributed by atoms with Gasteiger partial charge in [0.05, 0.1) is 17.1 Å². The molecule has 0 aromatic carbocycles. The zero-order valence-corrected chi connectivity index (χ0v) is 10.2. The highest BCUT2D eigenvalue weighted by Gasteiger charge is 2.40. The first-order valence-corrected chi connectivity index (χ1v) is 7.24. The van der Waals surface area contributed by atoms with Crippen LogP contribution in [0.5, 0.6) is 0 Å². The van der Waals surface area contributed by atoms with E-state index < -0.39 is 9.84 Å². The van der Waals surface area contributed by atoms with Gasteiger partial charge in [0.15, 0.2) is 9.84 Å². The third kappa shape index (κ3) is 2.17. The predicted octanol–water partition coefficient (Wildman–Crippen LogP) is 0.196. The van der Waals surface area contributed by atoms with Gasteiger partial charge in [-0.15, -0.1) is 0 Å². The van der Waals surface area contributed by atoms with Gasteiger partial charge in [0.1, 0.15) is 6.61 Å². The summed E-state index contributed by atoms with van der Waals surface area (Å²) in [7, 11) is -3.06. The SMILES string of the molecule is CC1CC2=NC(=O)COC2CC1S(C)(=O)=O. The Hall–Kier alpha value is -0.750. The average molecular weight is 245 g/mol. The van der Waals surface area contributed by atoms with Gasteiger partial charge in [0.25, 0.3) is 5.91 Å². The van der Waals surface area contributed by atoms with Crippen LogP contribution in [0.15, 0.2) is 4.99 Å². The van der Waals surface area contributed by atoms with Crippen LogP contribution in [-0.4, -0.2) is 44.3 Å². The van der Waals surface area contributed by atoms with E-state index in [4.69, 9.17) is 4.74 Å². The quantitative estimate of drug-likeness (QED) is 0.661. The van der Waals surface area contributed by atoms with E-state index in [0.717, 1.165) is 0 Å². The Kier molecular flexibility index (Phi) is 2.88. The van der Waals surface area contributed by atoms with Gasteiger partial charge < -0.3 is 4.74 Å². The maximum absolute atomic E-state index is 11.6. The van der Waals surface area contributed by atoms with Crippen molar-refractivity contribution in [3.05, 3.63) is 0 Å². The summed E-state index contributed by atoms with van der Waals surface area (Å²) in [4.78, 5) is 15.0. The smallest absolute Gasteiger partial charge is 0.271 e. The highest BCUT2D eigenvalue weighted by Crippen LogP contribution is 2.30. The number of carbonyl (C=O) groups is 1. The van der Waals surface area contributed by atoms with Gasteiger partial charge in [-0.3, -0.25) is 4.79 Å². The Balaban J connectivity index is 2.24. The highest BCUT2D eigenvalue weighted by atomic mass is 32.2. The second-order valence-electron chi connectivity index (χ2n) is 4.58. The lowest BCUT2D eigenvalue weighted by atomic mass is 9.86. The number of nitrogens with zero attached hydrogens (tertiary/aromatic N) is 1. The van der Waals surface area contributed by atoms with Crippen molar-refractivity contribution in [3.8, 4) is 0 Å². The number of rotatable bonds is 1. The summed E-state index contributed by atoms with van der Waals surface area (Å²) in [6.07, 6.45) is 1.93. The minimum Gasteiger partial charge on any atom is -0.362 e. The van der Waals surface area contributed by atoms with E-state index in [0.29, 0.717) is 18.6 Å². The molecule has 1 fully saturated rings. The Morgan fingerprint density at radius 3 is 2.75 bits per heavy atom. The van der Waals surface area contributed by atoms with Crippen LogP contribution in [0.3, 0.4) is 0 Å². The monoisotopic (exact) mass is 245 g/mol. The number of aliphatic imine (C=N–C) groups is 1. The Morgan fingerprint density at radius 2 is 2.12 bits per heavy atom. The molecule has 0 aromatic rings. The first-order chi connectivity index (χ1) is 7.38. The number of amides is 1. The Bertz CT molecular complexity index is 440. The summed E-state index contributed by atoms with van der Waals surface area (Å²) in [5, 5.41) is -0.385. The average Bonchev–Trinajstić information content (AvgIpc) is 2.14. The maximum atomic E-state index is 11.6. The van der Waals surface area contributed by atoms with Gasteiger partial charge in [-0.25, -0.2) is 13.4 Å². The molecule has 0 aromatic heterocycles. The van der Waals surface area contributed by atoms with Crippen molar-refractivity contribution in [2.45, 2.75) is 31.1 Å². The van der Waals surface area contributed by atoms with E-state index in [-0.39, 0.29) is 29.8 Å². The standard InChI is InChI=1S/C10H15NO4S/c1-6-3-7-8(15-5-10(12)11-7)4-9(6)16(2,13)14/h6,8-9H,3-5H2,1-2H3. The fourth-order valence-corrected chi connectivity index (χ4v) is 3.88. The topological polar surface area (TPSA) is 72.8 Å². The van der Waals surface area contributed by atoms with E-state index >= 15 is 0 Å². The van der Waals surface area contributed by atoms with Gasteiger partial charge in [-0.2, -0.15) is 0 Å². The van der Waals surface area contributed by atoms with Crippen molar-refractivity contribution >= 4 is 21.5 Å². The normalized spacial score (nSPS) is 35.5. The van der Waals surface area contributed by atoms with E-state index in [1.165, 1.54) is 6.26 Å². The molecule has 3 unspecified atom stereocenters. The summed E-state index contributed by atoms with van der Waals surface area (Å²) in [5.74, 6) is -0.268. The minimum absolute atomic E-state index is 0.000463. The molecule has 3 atom stereocenters. The zero-order valence-electron chi connectivity index (χ0n) is 9.34. The highest BCUT2D eigenvalue weighted by molar-refractivity contribution is 7.91. The minimum atomic E-state index is -3.06. The van der Waals surface area contributed by atoms with Gasteiger partial charge in [0.2, 0.25) is 0 Å². The van der Waals surface area contributed by atoms with Crippen LogP contribution in [0, 0.1) is 5.92 Å². The summed E-state index contributed by atoms with van der Waals surface area (Å²) in [6, 6.07) is 0. The molecule has 1 heterocycles. The molecule has 5 nitrogen and oxygen atoms in total. The van der Waals surface area contributed by atoms with Crippen molar-refractivity contribution in [1.82, 2.24) is 0 Å². The molecule has 0 bridgehead atoms. The second kappa shape index (κ2) is 3.92. The van der Waals surface area contributed by atoms with Gasteiger partial charge in [0, 0.05) is 6.26 Å². The number of sulfone groups is 1. The largest absolute Gasteiger partial charge is 0.362 e. The first-order valence-electron chi connectivity index (χ1n) is 5.28. The van der Waals surface area contributed by atoms with E-state index in [1.807, 2.05) is 6.92 Å². The molecule has 90 valence electrons. The van der Waals surface area contributed by atoms with E-state index in [2.05, 4.69) is 4.99 Å². The van der Waals surface area contributed by atoms with Crippen molar-refractivity contribution in [2.75, 3.05) is 12.9 Å². The van der Waals surface area contributed by atoms with Crippen LogP contribution in [0.4, 0.5) is 0 Å².